The zero-order valence-electron chi connectivity index (χ0n) is 16.7. The van der Waals surface area contributed by atoms with E-state index in [1.165, 1.54) is 0 Å². The van der Waals surface area contributed by atoms with Gasteiger partial charge in [-0.3, -0.25) is 9.59 Å². The molecule has 2 aromatic rings. The average molecular weight is 391 g/mol. The molecule has 3 aliphatic heterocycles. The molecule has 3 fully saturated rings. The molecule has 2 aromatic carbocycles. The van der Waals surface area contributed by atoms with Gasteiger partial charge in [0, 0.05) is 38.3 Å². The molecule has 0 bridgehead atoms. The first-order valence-electron chi connectivity index (χ1n) is 10.1. The van der Waals surface area contributed by atoms with E-state index >= 15 is 0 Å². The summed E-state index contributed by atoms with van der Waals surface area (Å²) >= 11 is 0. The minimum absolute atomic E-state index is 0.0306. The molecule has 0 radical (unpaired) electrons. The number of nitrogens with zero attached hydrogens (tertiary/aromatic N) is 3. The van der Waals surface area contributed by atoms with Crippen molar-refractivity contribution < 1.29 is 14.3 Å². The second-order valence-corrected chi connectivity index (χ2v) is 8.28. The van der Waals surface area contributed by atoms with Crippen molar-refractivity contribution in [2.75, 3.05) is 32.1 Å². The topological polar surface area (TPSA) is 53.1 Å². The number of carbonyl (C=O) groups excluding carboxylic acids is 2. The summed E-state index contributed by atoms with van der Waals surface area (Å²) in [6.07, 6.45) is 0.849. The van der Waals surface area contributed by atoms with E-state index in [0.29, 0.717) is 31.5 Å². The molecule has 1 spiro atoms. The second kappa shape index (κ2) is 6.59. The van der Waals surface area contributed by atoms with Gasteiger partial charge in [-0.05, 0) is 23.8 Å². The van der Waals surface area contributed by atoms with Crippen LogP contribution in [0.2, 0.25) is 0 Å². The minimum atomic E-state index is -0.688. The number of likely N-dealkylation sites (tertiary alicyclic amines) is 1. The number of anilines is 1. The van der Waals surface area contributed by atoms with Crippen LogP contribution in [0, 0.1) is 0 Å². The van der Waals surface area contributed by atoms with Crippen LogP contribution in [0.25, 0.3) is 0 Å². The first kappa shape index (κ1) is 18.2. The van der Waals surface area contributed by atoms with E-state index in [-0.39, 0.29) is 24.0 Å². The number of rotatable bonds is 3. The monoisotopic (exact) mass is 391 g/mol. The van der Waals surface area contributed by atoms with Gasteiger partial charge in [-0.2, -0.15) is 0 Å². The smallest absolute Gasteiger partial charge is 0.254 e. The molecule has 3 aliphatic rings. The van der Waals surface area contributed by atoms with Crippen LogP contribution < -0.4 is 4.90 Å². The van der Waals surface area contributed by atoms with Gasteiger partial charge in [-0.15, -0.1) is 0 Å². The van der Waals surface area contributed by atoms with Crippen LogP contribution >= 0.6 is 0 Å². The molecule has 6 nitrogen and oxygen atoms in total. The van der Waals surface area contributed by atoms with Crippen molar-refractivity contribution in [3.63, 3.8) is 0 Å². The van der Waals surface area contributed by atoms with E-state index in [1.807, 2.05) is 83.4 Å². The SMILES string of the molecule is CN(C)c1cccc(C(=O)N2CC[C@@]34O[C@@H](c5ccccc5)CN3C(=O)C[C@@H]24)c1. The van der Waals surface area contributed by atoms with E-state index in [4.69, 9.17) is 4.74 Å². The van der Waals surface area contributed by atoms with E-state index in [1.54, 1.807) is 0 Å². The van der Waals surface area contributed by atoms with Crippen LogP contribution in [0.4, 0.5) is 5.69 Å². The first-order chi connectivity index (χ1) is 14.0. The standard InChI is InChI=1S/C23H25N3O3/c1-24(2)18-10-6-9-17(13-18)22(28)25-12-11-23-20(25)14-21(27)26(23)15-19(29-23)16-7-4-3-5-8-16/h3-10,13,19-20H,11-12,14-15H2,1-2H3/t19-,20-,23+/m1/s1. The maximum absolute atomic E-state index is 13.3. The predicted octanol–water partition coefficient (Wildman–Crippen LogP) is 2.67. The molecule has 0 aromatic heterocycles. The Balaban J connectivity index is 1.43. The van der Waals surface area contributed by atoms with Gasteiger partial charge < -0.3 is 19.4 Å². The fourth-order valence-electron chi connectivity index (χ4n) is 4.99. The quantitative estimate of drug-likeness (QED) is 0.807. The van der Waals surface area contributed by atoms with Gasteiger partial charge in [0.05, 0.1) is 19.0 Å². The highest BCUT2D eigenvalue weighted by atomic mass is 16.5. The molecule has 0 unspecified atom stereocenters. The molecule has 6 heteroatoms. The maximum atomic E-state index is 13.3. The molecule has 29 heavy (non-hydrogen) atoms. The molecular weight excluding hydrogens is 366 g/mol. The normalized spacial score (nSPS) is 27.9. The summed E-state index contributed by atoms with van der Waals surface area (Å²) in [7, 11) is 3.91. The Morgan fingerprint density at radius 1 is 1.14 bits per heavy atom. The predicted molar refractivity (Wildman–Crippen MR) is 110 cm³/mol. The van der Waals surface area contributed by atoms with E-state index < -0.39 is 5.72 Å². The van der Waals surface area contributed by atoms with Crippen molar-refractivity contribution in [3.8, 4) is 0 Å². The summed E-state index contributed by atoms with van der Waals surface area (Å²) in [6, 6.07) is 17.4. The zero-order valence-corrected chi connectivity index (χ0v) is 16.7. The molecule has 5 rings (SSSR count). The van der Waals surface area contributed by atoms with Gasteiger partial charge in [0.25, 0.3) is 5.91 Å². The highest BCUT2D eigenvalue weighted by Crippen LogP contribution is 2.50. The fraction of sp³-hybridized carbons (Fsp3) is 0.391. The minimum Gasteiger partial charge on any atom is -0.378 e. The molecule has 150 valence electrons. The third-order valence-electron chi connectivity index (χ3n) is 6.47. The summed E-state index contributed by atoms with van der Waals surface area (Å²) in [4.78, 5) is 31.8. The molecule has 0 aliphatic carbocycles. The Morgan fingerprint density at radius 2 is 1.93 bits per heavy atom. The highest BCUT2D eigenvalue weighted by molar-refractivity contribution is 5.96. The lowest BCUT2D eigenvalue weighted by atomic mass is 10.1. The Labute approximate surface area is 170 Å². The van der Waals surface area contributed by atoms with Gasteiger partial charge in [0.15, 0.2) is 5.72 Å². The van der Waals surface area contributed by atoms with E-state index in [0.717, 1.165) is 11.3 Å². The van der Waals surface area contributed by atoms with Gasteiger partial charge in [0.1, 0.15) is 6.10 Å². The lowest BCUT2D eigenvalue weighted by Gasteiger charge is -2.32. The molecule has 0 N–H and O–H groups in total. The summed E-state index contributed by atoms with van der Waals surface area (Å²) in [5, 5.41) is 0. The van der Waals surface area contributed by atoms with Crippen LogP contribution in [-0.2, 0) is 9.53 Å². The Kier molecular flexibility index (Phi) is 4.13. The summed E-state index contributed by atoms with van der Waals surface area (Å²) in [5.74, 6) is 0.0463. The molecule has 3 saturated heterocycles. The molecule has 3 heterocycles. The third kappa shape index (κ3) is 2.74. The Morgan fingerprint density at radius 3 is 2.69 bits per heavy atom. The molecule has 2 amide bonds. The summed E-state index contributed by atoms with van der Waals surface area (Å²) in [5.41, 5.74) is 2.02. The van der Waals surface area contributed by atoms with Crippen molar-refractivity contribution in [1.82, 2.24) is 9.80 Å². The number of amides is 2. The molecule has 0 saturated carbocycles. The van der Waals surface area contributed by atoms with Gasteiger partial charge in [-0.1, -0.05) is 36.4 Å². The first-order valence-corrected chi connectivity index (χ1v) is 10.1. The lowest BCUT2D eigenvalue weighted by Crippen LogP contribution is -2.48. The number of ether oxygens (including phenoxy) is 1. The van der Waals surface area contributed by atoms with Crippen molar-refractivity contribution in [2.45, 2.75) is 30.7 Å². The number of carbonyl (C=O) groups is 2. The van der Waals surface area contributed by atoms with Gasteiger partial charge in [0.2, 0.25) is 5.91 Å². The highest BCUT2D eigenvalue weighted by Gasteiger charge is 2.65. The zero-order chi connectivity index (χ0) is 20.2. The molecule has 3 atom stereocenters. The maximum Gasteiger partial charge on any atom is 0.254 e. The van der Waals surface area contributed by atoms with Crippen molar-refractivity contribution in [1.29, 1.82) is 0 Å². The fourth-order valence-corrected chi connectivity index (χ4v) is 4.99. The Bertz CT molecular complexity index is 961. The van der Waals surface area contributed by atoms with Crippen LogP contribution in [-0.4, -0.2) is 60.6 Å². The summed E-state index contributed by atoms with van der Waals surface area (Å²) in [6.45, 7) is 1.15. The van der Waals surface area contributed by atoms with Crippen LogP contribution in [0.3, 0.4) is 0 Å². The number of hydrogen-bond acceptors (Lipinski definition) is 4. The van der Waals surface area contributed by atoms with Crippen LogP contribution in [0.15, 0.2) is 54.6 Å². The number of hydrogen-bond donors (Lipinski definition) is 0. The van der Waals surface area contributed by atoms with Gasteiger partial charge in [-0.25, -0.2) is 0 Å². The Hall–Kier alpha value is -2.86. The number of benzene rings is 2. The third-order valence-corrected chi connectivity index (χ3v) is 6.47. The van der Waals surface area contributed by atoms with Crippen molar-refractivity contribution >= 4 is 17.5 Å². The van der Waals surface area contributed by atoms with Gasteiger partial charge >= 0.3 is 0 Å². The van der Waals surface area contributed by atoms with Crippen molar-refractivity contribution in [3.05, 3.63) is 65.7 Å². The largest absolute Gasteiger partial charge is 0.378 e. The lowest BCUT2D eigenvalue weighted by molar-refractivity contribution is -0.138. The van der Waals surface area contributed by atoms with E-state index in [9.17, 15) is 9.59 Å². The van der Waals surface area contributed by atoms with Crippen molar-refractivity contribution in [2.24, 2.45) is 0 Å². The second-order valence-electron chi connectivity index (χ2n) is 8.28. The van der Waals surface area contributed by atoms with Crippen LogP contribution in [0.1, 0.15) is 34.9 Å². The van der Waals surface area contributed by atoms with E-state index in [2.05, 4.69) is 0 Å². The van der Waals surface area contributed by atoms with Crippen LogP contribution in [0.5, 0.6) is 0 Å². The summed E-state index contributed by atoms with van der Waals surface area (Å²) < 4.78 is 6.53. The molecular formula is C23H25N3O3. The average Bonchev–Trinajstić information content (AvgIpc) is 3.37.